The molecule has 0 saturated carbocycles. The van der Waals surface area contributed by atoms with Gasteiger partial charge in [0, 0.05) is 34.5 Å². The molecular weight excluding hydrogens is 312 g/mol. The van der Waals surface area contributed by atoms with Crippen molar-refractivity contribution in [2.24, 2.45) is 0 Å². The minimum Gasteiger partial charge on any atom is -0.366 e. The Kier molecular flexibility index (Phi) is 4.21. The highest BCUT2D eigenvalue weighted by Crippen LogP contribution is 2.25. The minimum absolute atomic E-state index is 0.364. The summed E-state index contributed by atoms with van der Waals surface area (Å²) < 4.78 is 12.1. The van der Waals surface area contributed by atoms with Crippen LogP contribution in [0.3, 0.4) is 0 Å². The predicted octanol–water partition coefficient (Wildman–Crippen LogP) is 2.82. The molecule has 1 aromatic heterocycles. The number of hydrogen-bond acceptors (Lipinski definition) is 3. The molecule has 0 radical (unpaired) electrons. The van der Waals surface area contributed by atoms with Gasteiger partial charge in [-0.1, -0.05) is 11.6 Å². The van der Waals surface area contributed by atoms with Crippen LogP contribution in [0.15, 0.2) is 16.7 Å². The third-order valence-electron chi connectivity index (χ3n) is 2.54. The first kappa shape index (κ1) is 12.3. The van der Waals surface area contributed by atoms with Crippen molar-refractivity contribution in [1.82, 2.24) is 4.98 Å². The Balaban J connectivity index is 2.01. The van der Waals surface area contributed by atoms with Crippen molar-refractivity contribution in [3.63, 3.8) is 0 Å². The van der Waals surface area contributed by atoms with Crippen molar-refractivity contribution in [2.75, 3.05) is 16.8 Å². The second-order valence-electron chi connectivity index (χ2n) is 3.75. The molecule has 0 aliphatic carbocycles. The Hall–Kier alpha value is -0.130. The highest BCUT2D eigenvalue weighted by Gasteiger charge is 2.18. The van der Waals surface area contributed by atoms with Crippen LogP contribution in [0.5, 0.6) is 0 Å². The van der Waals surface area contributed by atoms with Gasteiger partial charge in [0.05, 0.1) is 9.50 Å². The minimum atomic E-state index is -0.621. The number of pyridine rings is 1. The molecule has 0 bridgehead atoms. The number of nitrogens with one attached hydrogen (secondary N) is 1. The number of hydrogen-bond donors (Lipinski definition) is 1. The highest BCUT2D eigenvalue weighted by molar-refractivity contribution is 9.10. The molecule has 2 rings (SSSR count). The van der Waals surface area contributed by atoms with E-state index in [-0.39, 0.29) is 0 Å². The predicted molar refractivity (Wildman–Crippen MR) is 71.5 cm³/mol. The summed E-state index contributed by atoms with van der Waals surface area (Å²) in [5.74, 6) is 2.37. The molecule has 0 spiro atoms. The first-order chi connectivity index (χ1) is 7.65. The zero-order valence-corrected chi connectivity index (χ0v) is 11.7. The molecule has 1 aliphatic heterocycles. The van der Waals surface area contributed by atoms with Crippen LogP contribution in [0.1, 0.15) is 12.8 Å². The topological polar surface area (TPSA) is 42.0 Å². The Morgan fingerprint density at radius 2 is 2.19 bits per heavy atom. The summed E-state index contributed by atoms with van der Waals surface area (Å²) in [5.41, 5.74) is 0. The van der Waals surface area contributed by atoms with Gasteiger partial charge >= 0.3 is 0 Å². The number of anilines is 1. The Morgan fingerprint density at radius 3 is 2.81 bits per heavy atom. The molecule has 0 aromatic carbocycles. The van der Waals surface area contributed by atoms with Crippen molar-refractivity contribution >= 4 is 44.1 Å². The molecule has 1 aromatic rings. The molecule has 3 nitrogen and oxygen atoms in total. The zero-order valence-electron chi connectivity index (χ0n) is 8.58. The van der Waals surface area contributed by atoms with E-state index in [0.717, 1.165) is 34.6 Å². The van der Waals surface area contributed by atoms with Crippen LogP contribution in [0.2, 0.25) is 5.02 Å². The van der Waals surface area contributed by atoms with Crippen LogP contribution in [-0.4, -0.2) is 26.7 Å². The largest absolute Gasteiger partial charge is 0.366 e. The van der Waals surface area contributed by atoms with Gasteiger partial charge in [-0.05, 0) is 34.8 Å². The Bertz CT molecular complexity index is 406. The van der Waals surface area contributed by atoms with Crippen LogP contribution in [-0.2, 0) is 10.8 Å². The quantitative estimate of drug-likeness (QED) is 0.910. The lowest BCUT2D eigenvalue weighted by atomic mass is 10.1. The third kappa shape index (κ3) is 3.18. The van der Waals surface area contributed by atoms with Gasteiger partial charge in [0.25, 0.3) is 0 Å². The number of rotatable bonds is 2. The molecule has 6 heteroatoms. The van der Waals surface area contributed by atoms with Crippen LogP contribution < -0.4 is 5.32 Å². The fourth-order valence-corrected chi connectivity index (χ4v) is 3.70. The first-order valence-corrected chi connectivity index (χ1v) is 7.73. The maximum absolute atomic E-state index is 11.2. The standard InChI is InChI=1S/C10H12BrClN2OS/c11-9-5-7(12)6-13-10(9)14-8-1-3-16(15)4-2-8/h5-6,8H,1-4H2,(H,13,14). The van der Waals surface area contributed by atoms with Crippen LogP contribution in [0.4, 0.5) is 5.82 Å². The Labute approximate surface area is 111 Å². The van der Waals surface area contributed by atoms with Gasteiger partial charge in [0.2, 0.25) is 0 Å². The monoisotopic (exact) mass is 322 g/mol. The van der Waals surface area contributed by atoms with Gasteiger partial charge in [0.1, 0.15) is 5.82 Å². The summed E-state index contributed by atoms with van der Waals surface area (Å²) >= 11 is 9.23. The molecule has 16 heavy (non-hydrogen) atoms. The summed E-state index contributed by atoms with van der Waals surface area (Å²) in [6.07, 6.45) is 3.49. The fraction of sp³-hybridized carbons (Fsp3) is 0.500. The Morgan fingerprint density at radius 1 is 1.50 bits per heavy atom. The molecule has 88 valence electrons. The van der Waals surface area contributed by atoms with Crippen molar-refractivity contribution < 1.29 is 4.21 Å². The van der Waals surface area contributed by atoms with E-state index in [1.807, 2.05) is 6.07 Å². The number of nitrogens with zero attached hydrogens (tertiary/aromatic N) is 1. The lowest BCUT2D eigenvalue weighted by Crippen LogP contribution is -2.29. The molecule has 1 saturated heterocycles. The zero-order chi connectivity index (χ0) is 11.5. The molecule has 0 amide bonds. The SMILES string of the molecule is O=S1CCC(Nc2ncc(Cl)cc2Br)CC1. The van der Waals surface area contributed by atoms with Gasteiger partial charge in [0.15, 0.2) is 0 Å². The third-order valence-corrected chi connectivity index (χ3v) is 4.73. The van der Waals surface area contributed by atoms with Crippen molar-refractivity contribution in [1.29, 1.82) is 0 Å². The second-order valence-corrected chi connectivity index (χ2v) is 6.74. The van der Waals surface area contributed by atoms with E-state index in [9.17, 15) is 4.21 Å². The summed E-state index contributed by atoms with van der Waals surface area (Å²) in [4.78, 5) is 4.23. The molecule has 0 atom stereocenters. The summed E-state index contributed by atoms with van der Waals surface area (Å²) in [6, 6.07) is 2.18. The smallest absolute Gasteiger partial charge is 0.140 e. The van der Waals surface area contributed by atoms with E-state index < -0.39 is 10.8 Å². The van der Waals surface area contributed by atoms with Gasteiger partial charge in [-0.3, -0.25) is 4.21 Å². The average Bonchev–Trinajstić information content (AvgIpc) is 2.25. The van der Waals surface area contributed by atoms with E-state index in [2.05, 4.69) is 26.2 Å². The normalized spacial score (nSPS) is 25.4. The van der Waals surface area contributed by atoms with Gasteiger partial charge in [-0.25, -0.2) is 4.98 Å². The summed E-state index contributed by atoms with van der Waals surface area (Å²) in [6.45, 7) is 0. The van der Waals surface area contributed by atoms with Crippen LogP contribution in [0.25, 0.3) is 0 Å². The molecule has 2 heterocycles. The molecular formula is C10H12BrClN2OS. The van der Waals surface area contributed by atoms with Crippen LogP contribution >= 0.6 is 27.5 Å². The lowest BCUT2D eigenvalue weighted by molar-refractivity contribution is 0.622. The first-order valence-electron chi connectivity index (χ1n) is 5.07. The summed E-state index contributed by atoms with van der Waals surface area (Å²) in [7, 11) is -0.621. The number of halogens is 2. The second kappa shape index (κ2) is 5.47. The van der Waals surface area contributed by atoms with Crippen molar-refractivity contribution in [2.45, 2.75) is 18.9 Å². The lowest BCUT2D eigenvalue weighted by Gasteiger charge is -2.23. The maximum Gasteiger partial charge on any atom is 0.140 e. The van der Waals surface area contributed by atoms with E-state index in [1.54, 1.807) is 6.20 Å². The van der Waals surface area contributed by atoms with E-state index in [4.69, 9.17) is 11.6 Å². The average molecular weight is 324 g/mol. The molecule has 1 aliphatic rings. The van der Waals surface area contributed by atoms with Crippen LogP contribution in [0, 0.1) is 0 Å². The number of aromatic nitrogens is 1. The fourth-order valence-electron chi connectivity index (χ4n) is 1.65. The summed E-state index contributed by atoms with van der Waals surface area (Å²) in [5, 5.41) is 3.96. The molecule has 0 unspecified atom stereocenters. The van der Waals surface area contributed by atoms with Gasteiger partial charge in [-0.15, -0.1) is 0 Å². The van der Waals surface area contributed by atoms with E-state index in [0.29, 0.717) is 11.1 Å². The molecule has 1 N–H and O–H groups in total. The van der Waals surface area contributed by atoms with Gasteiger partial charge in [-0.2, -0.15) is 0 Å². The molecule has 1 fully saturated rings. The van der Waals surface area contributed by atoms with Crippen molar-refractivity contribution in [3.8, 4) is 0 Å². The van der Waals surface area contributed by atoms with E-state index in [1.165, 1.54) is 0 Å². The highest BCUT2D eigenvalue weighted by atomic mass is 79.9. The van der Waals surface area contributed by atoms with E-state index >= 15 is 0 Å². The van der Waals surface area contributed by atoms with Gasteiger partial charge < -0.3 is 5.32 Å². The maximum atomic E-state index is 11.2. The van der Waals surface area contributed by atoms with Crippen molar-refractivity contribution in [3.05, 3.63) is 21.8 Å².